The van der Waals surface area contributed by atoms with Gasteiger partial charge >= 0.3 is 0 Å². The predicted molar refractivity (Wildman–Crippen MR) is 79.7 cm³/mol. The molecule has 0 saturated carbocycles. The number of ether oxygens (including phenoxy) is 1. The maximum Gasteiger partial charge on any atom is 0.136 e. The van der Waals surface area contributed by atoms with Crippen LogP contribution < -0.4 is 5.32 Å². The molecule has 1 heterocycles. The van der Waals surface area contributed by atoms with Gasteiger partial charge in [0.05, 0.1) is 18.0 Å². The van der Waals surface area contributed by atoms with Gasteiger partial charge in [-0.25, -0.2) is 4.98 Å². The molecule has 0 saturated heterocycles. The van der Waals surface area contributed by atoms with Crippen LogP contribution in [0.3, 0.4) is 0 Å². The zero-order chi connectivity index (χ0) is 14.3. The standard InChI is InChI=1S/C14H24N4O/c1-6-14-16-12(10-15-3)13(18(14)7-2)11-17(4)8-9-19-5/h6-7,15H,1-2,8-11H2,3-5H3. The lowest BCUT2D eigenvalue weighted by Crippen LogP contribution is -2.24. The molecule has 0 atom stereocenters. The van der Waals surface area contributed by atoms with Gasteiger partial charge in [0.15, 0.2) is 0 Å². The molecule has 5 nitrogen and oxygen atoms in total. The molecule has 0 aliphatic carbocycles. The van der Waals surface area contributed by atoms with Gasteiger partial charge in [-0.05, 0) is 20.2 Å². The number of aromatic nitrogens is 2. The Kier molecular flexibility index (Phi) is 6.49. The minimum absolute atomic E-state index is 0.717. The van der Waals surface area contributed by atoms with E-state index in [0.29, 0.717) is 6.61 Å². The third kappa shape index (κ3) is 4.02. The molecule has 1 aromatic rings. The lowest BCUT2D eigenvalue weighted by atomic mass is 10.3. The summed E-state index contributed by atoms with van der Waals surface area (Å²) in [6, 6.07) is 0. The highest BCUT2D eigenvalue weighted by Gasteiger charge is 2.14. The minimum Gasteiger partial charge on any atom is -0.383 e. The smallest absolute Gasteiger partial charge is 0.136 e. The third-order valence-electron chi connectivity index (χ3n) is 2.93. The Hall–Kier alpha value is -1.43. The predicted octanol–water partition coefficient (Wildman–Crippen LogP) is 1.42. The lowest BCUT2D eigenvalue weighted by molar-refractivity contribution is 0.157. The molecular weight excluding hydrogens is 240 g/mol. The summed E-state index contributed by atoms with van der Waals surface area (Å²) in [6.07, 6.45) is 3.53. The average molecular weight is 264 g/mol. The molecule has 0 unspecified atom stereocenters. The number of nitrogens with zero attached hydrogens (tertiary/aromatic N) is 3. The van der Waals surface area contributed by atoms with Crippen LogP contribution >= 0.6 is 0 Å². The van der Waals surface area contributed by atoms with Crippen LogP contribution in [-0.4, -0.2) is 48.8 Å². The van der Waals surface area contributed by atoms with Crippen LogP contribution in [0.1, 0.15) is 17.2 Å². The SMILES string of the molecule is C=Cc1nc(CNC)c(CN(C)CCOC)n1C=C. The maximum atomic E-state index is 5.10. The molecule has 0 aromatic carbocycles. The maximum absolute atomic E-state index is 5.10. The molecule has 0 amide bonds. The summed E-state index contributed by atoms with van der Waals surface area (Å²) in [7, 11) is 5.69. The number of imidazole rings is 1. The van der Waals surface area contributed by atoms with Gasteiger partial charge in [0.25, 0.3) is 0 Å². The Morgan fingerprint density at radius 1 is 1.47 bits per heavy atom. The molecule has 5 heteroatoms. The van der Waals surface area contributed by atoms with Crippen molar-refractivity contribution in [2.24, 2.45) is 0 Å². The highest BCUT2D eigenvalue weighted by Crippen LogP contribution is 2.15. The van der Waals surface area contributed by atoms with Crippen molar-refractivity contribution in [3.8, 4) is 0 Å². The largest absolute Gasteiger partial charge is 0.383 e. The van der Waals surface area contributed by atoms with Crippen molar-refractivity contribution in [1.29, 1.82) is 0 Å². The van der Waals surface area contributed by atoms with Gasteiger partial charge in [0.2, 0.25) is 0 Å². The topological polar surface area (TPSA) is 42.3 Å². The molecule has 1 N–H and O–H groups in total. The Labute approximate surface area is 115 Å². The van der Waals surface area contributed by atoms with E-state index in [4.69, 9.17) is 4.74 Å². The summed E-state index contributed by atoms with van der Waals surface area (Å²) in [4.78, 5) is 6.78. The van der Waals surface area contributed by atoms with E-state index in [0.717, 1.165) is 36.8 Å². The first-order chi connectivity index (χ1) is 9.17. The van der Waals surface area contributed by atoms with Crippen LogP contribution in [0.15, 0.2) is 13.2 Å². The van der Waals surface area contributed by atoms with Gasteiger partial charge in [-0.3, -0.25) is 4.90 Å². The van der Waals surface area contributed by atoms with Crippen LogP contribution in [0.25, 0.3) is 12.3 Å². The highest BCUT2D eigenvalue weighted by atomic mass is 16.5. The monoisotopic (exact) mass is 264 g/mol. The molecule has 0 aliphatic rings. The van der Waals surface area contributed by atoms with Gasteiger partial charge < -0.3 is 14.6 Å². The second-order valence-electron chi connectivity index (χ2n) is 4.38. The van der Waals surface area contributed by atoms with Gasteiger partial charge in [-0.15, -0.1) is 0 Å². The summed E-state index contributed by atoms with van der Waals surface area (Å²) in [6.45, 7) is 10.8. The van der Waals surface area contributed by atoms with Crippen molar-refractivity contribution in [2.45, 2.75) is 13.1 Å². The van der Waals surface area contributed by atoms with E-state index >= 15 is 0 Å². The number of hydrogen-bond acceptors (Lipinski definition) is 4. The van der Waals surface area contributed by atoms with E-state index in [9.17, 15) is 0 Å². The van der Waals surface area contributed by atoms with Gasteiger partial charge in [0, 0.05) is 32.9 Å². The number of methoxy groups -OCH3 is 1. The second-order valence-corrected chi connectivity index (χ2v) is 4.38. The zero-order valence-electron chi connectivity index (χ0n) is 12.1. The number of rotatable bonds is 9. The molecule has 19 heavy (non-hydrogen) atoms. The summed E-state index contributed by atoms with van der Waals surface area (Å²) < 4.78 is 7.09. The van der Waals surface area contributed by atoms with E-state index in [2.05, 4.69) is 35.4 Å². The molecule has 106 valence electrons. The first-order valence-electron chi connectivity index (χ1n) is 6.35. The van der Waals surface area contributed by atoms with Crippen molar-refractivity contribution in [1.82, 2.24) is 19.8 Å². The van der Waals surface area contributed by atoms with Gasteiger partial charge in [0.1, 0.15) is 5.82 Å². The Morgan fingerprint density at radius 3 is 2.74 bits per heavy atom. The van der Waals surface area contributed by atoms with Crippen LogP contribution in [0.5, 0.6) is 0 Å². The summed E-state index contributed by atoms with van der Waals surface area (Å²) in [5.41, 5.74) is 2.17. The molecule has 0 radical (unpaired) electrons. The second kappa shape index (κ2) is 7.89. The Balaban J connectivity index is 2.97. The van der Waals surface area contributed by atoms with E-state index in [1.165, 1.54) is 0 Å². The van der Waals surface area contributed by atoms with Crippen molar-refractivity contribution in [3.63, 3.8) is 0 Å². The molecule has 1 rings (SSSR count). The van der Waals surface area contributed by atoms with Crippen LogP contribution in [0.4, 0.5) is 0 Å². The average Bonchev–Trinajstić information content (AvgIpc) is 2.74. The van der Waals surface area contributed by atoms with Crippen LogP contribution in [0.2, 0.25) is 0 Å². The minimum atomic E-state index is 0.717. The molecular formula is C14H24N4O. The quantitative estimate of drug-likeness (QED) is 0.732. The van der Waals surface area contributed by atoms with E-state index in [-0.39, 0.29) is 0 Å². The molecule has 0 bridgehead atoms. The van der Waals surface area contributed by atoms with Gasteiger partial charge in [-0.2, -0.15) is 0 Å². The number of hydrogen-bond donors (Lipinski definition) is 1. The van der Waals surface area contributed by atoms with Crippen molar-refractivity contribution >= 4 is 12.3 Å². The van der Waals surface area contributed by atoms with Crippen molar-refractivity contribution in [2.75, 3.05) is 34.4 Å². The van der Waals surface area contributed by atoms with E-state index in [1.807, 2.05) is 11.6 Å². The Bertz CT molecular complexity index is 425. The number of nitrogens with one attached hydrogen (secondary N) is 1. The molecule has 1 aromatic heterocycles. The fourth-order valence-corrected chi connectivity index (χ4v) is 1.94. The summed E-state index contributed by atoms with van der Waals surface area (Å²) in [5.74, 6) is 0.829. The van der Waals surface area contributed by atoms with Crippen molar-refractivity contribution in [3.05, 3.63) is 30.4 Å². The fourth-order valence-electron chi connectivity index (χ4n) is 1.94. The van der Waals surface area contributed by atoms with E-state index in [1.54, 1.807) is 19.4 Å². The zero-order valence-corrected chi connectivity index (χ0v) is 12.1. The van der Waals surface area contributed by atoms with Crippen LogP contribution in [0, 0.1) is 0 Å². The molecule has 0 spiro atoms. The fraction of sp³-hybridized carbons (Fsp3) is 0.500. The summed E-state index contributed by atoms with van der Waals surface area (Å²) >= 11 is 0. The normalized spacial score (nSPS) is 10.9. The molecule has 0 aliphatic heterocycles. The Morgan fingerprint density at radius 2 is 2.21 bits per heavy atom. The molecule has 0 fully saturated rings. The first-order valence-corrected chi connectivity index (χ1v) is 6.35. The lowest BCUT2D eigenvalue weighted by Gasteiger charge is -2.17. The van der Waals surface area contributed by atoms with Gasteiger partial charge in [-0.1, -0.05) is 13.2 Å². The number of likely N-dealkylation sites (N-methyl/N-ethyl adjacent to an activating group) is 1. The summed E-state index contributed by atoms with van der Waals surface area (Å²) in [5, 5.41) is 3.14. The highest BCUT2D eigenvalue weighted by molar-refractivity contribution is 5.45. The van der Waals surface area contributed by atoms with Crippen LogP contribution in [-0.2, 0) is 17.8 Å². The third-order valence-corrected chi connectivity index (χ3v) is 2.93. The first kappa shape index (κ1) is 15.6. The van der Waals surface area contributed by atoms with E-state index < -0.39 is 0 Å². The van der Waals surface area contributed by atoms with Crippen molar-refractivity contribution < 1.29 is 4.74 Å².